The van der Waals surface area contributed by atoms with Gasteiger partial charge >= 0.3 is 0 Å². The molecule has 3 heterocycles. The number of hydrogen-bond donors (Lipinski definition) is 1. The molecule has 156 valence electrons. The van der Waals surface area contributed by atoms with Crippen LogP contribution < -0.4 is 5.32 Å². The summed E-state index contributed by atoms with van der Waals surface area (Å²) < 4.78 is 2.21. The van der Waals surface area contributed by atoms with Crippen LogP contribution in [0.15, 0.2) is 30.3 Å². The lowest BCUT2D eigenvalue weighted by Gasteiger charge is -2.33. The van der Waals surface area contributed by atoms with Crippen molar-refractivity contribution in [1.82, 2.24) is 25.0 Å². The molecule has 0 spiro atoms. The summed E-state index contributed by atoms with van der Waals surface area (Å²) >= 11 is 0. The quantitative estimate of drug-likeness (QED) is 0.817. The number of amides is 1. The third-order valence-electron chi connectivity index (χ3n) is 6.16. The summed E-state index contributed by atoms with van der Waals surface area (Å²) in [7, 11) is 0. The lowest BCUT2D eigenvalue weighted by molar-refractivity contribution is -0.127. The first kappa shape index (κ1) is 20.1. The Labute approximate surface area is 173 Å². The molecule has 0 aliphatic carbocycles. The second-order valence-electron chi connectivity index (χ2n) is 9.02. The minimum Gasteiger partial charge on any atom is -0.351 e. The Morgan fingerprint density at radius 2 is 1.90 bits per heavy atom. The van der Waals surface area contributed by atoms with Crippen LogP contribution in [0.5, 0.6) is 0 Å². The van der Waals surface area contributed by atoms with Crippen molar-refractivity contribution in [3.63, 3.8) is 0 Å². The summed E-state index contributed by atoms with van der Waals surface area (Å²) in [5, 5.41) is 12.1. The predicted molar refractivity (Wildman–Crippen MR) is 114 cm³/mol. The van der Waals surface area contributed by atoms with E-state index in [1.807, 2.05) is 6.07 Å². The van der Waals surface area contributed by atoms with Crippen LogP contribution in [0.3, 0.4) is 0 Å². The van der Waals surface area contributed by atoms with Crippen LogP contribution in [-0.4, -0.2) is 51.2 Å². The van der Waals surface area contributed by atoms with Gasteiger partial charge in [-0.15, -0.1) is 10.2 Å². The van der Waals surface area contributed by atoms with Gasteiger partial charge < -0.3 is 14.8 Å². The molecule has 6 nitrogen and oxygen atoms in total. The molecule has 1 saturated heterocycles. The van der Waals surface area contributed by atoms with Crippen LogP contribution in [0.1, 0.15) is 50.3 Å². The fourth-order valence-corrected chi connectivity index (χ4v) is 4.62. The van der Waals surface area contributed by atoms with Crippen molar-refractivity contribution in [1.29, 1.82) is 0 Å². The lowest BCUT2D eigenvalue weighted by atomic mass is 9.94. The summed E-state index contributed by atoms with van der Waals surface area (Å²) in [6, 6.07) is 10.6. The first-order valence-electron chi connectivity index (χ1n) is 11.1. The fraction of sp³-hybridized carbons (Fsp3) is 0.609. The number of nitrogens with one attached hydrogen (secondary N) is 1. The van der Waals surface area contributed by atoms with Gasteiger partial charge in [0.2, 0.25) is 5.91 Å². The van der Waals surface area contributed by atoms with E-state index in [1.165, 1.54) is 5.56 Å². The predicted octanol–water partition coefficient (Wildman–Crippen LogP) is 2.67. The Bertz CT molecular complexity index is 808. The van der Waals surface area contributed by atoms with Gasteiger partial charge in [-0.25, -0.2) is 0 Å². The molecule has 1 aromatic carbocycles. The Kier molecular flexibility index (Phi) is 6.28. The Hall–Kier alpha value is -2.21. The minimum atomic E-state index is 0.157. The van der Waals surface area contributed by atoms with Crippen molar-refractivity contribution in [2.24, 2.45) is 11.8 Å². The van der Waals surface area contributed by atoms with E-state index in [-0.39, 0.29) is 17.9 Å². The average Bonchev–Trinajstić information content (AvgIpc) is 3.11. The van der Waals surface area contributed by atoms with Gasteiger partial charge in [0.25, 0.3) is 0 Å². The van der Waals surface area contributed by atoms with Gasteiger partial charge in [0, 0.05) is 37.9 Å². The number of piperidine rings is 1. The zero-order chi connectivity index (χ0) is 20.2. The molecule has 1 unspecified atom stereocenters. The normalized spacial score (nSPS) is 20.6. The molecule has 6 heteroatoms. The maximum Gasteiger partial charge on any atom is 0.223 e. The molecular formula is C23H33N5O. The third kappa shape index (κ3) is 5.04. The van der Waals surface area contributed by atoms with Crippen LogP contribution in [0.2, 0.25) is 0 Å². The molecular weight excluding hydrogens is 362 g/mol. The highest BCUT2D eigenvalue weighted by Crippen LogP contribution is 2.21. The summed E-state index contributed by atoms with van der Waals surface area (Å²) in [4.78, 5) is 15.3. The maximum absolute atomic E-state index is 12.9. The highest BCUT2D eigenvalue weighted by molar-refractivity contribution is 5.79. The van der Waals surface area contributed by atoms with Gasteiger partial charge in [0.1, 0.15) is 11.6 Å². The maximum atomic E-state index is 12.9. The van der Waals surface area contributed by atoms with Gasteiger partial charge in [-0.05, 0) is 43.8 Å². The van der Waals surface area contributed by atoms with Crippen LogP contribution >= 0.6 is 0 Å². The summed E-state index contributed by atoms with van der Waals surface area (Å²) in [6.45, 7) is 8.51. The van der Waals surface area contributed by atoms with Gasteiger partial charge in [0.15, 0.2) is 0 Å². The molecule has 29 heavy (non-hydrogen) atoms. The molecule has 1 aromatic heterocycles. The largest absolute Gasteiger partial charge is 0.351 e. The van der Waals surface area contributed by atoms with E-state index in [0.717, 1.165) is 69.9 Å². The number of nitrogens with zero attached hydrogens (tertiary/aromatic N) is 4. The monoisotopic (exact) mass is 395 g/mol. The van der Waals surface area contributed by atoms with E-state index in [4.69, 9.17) is 0 Å². The van der Waals surface area contributed by atoms with Gasteiger partial charge in [-0.1, -0.05) is 44.2 Å². The van der Waals surface area contributed by atoms with Crippen LogP contribution in [0.25, 0.3) is 0 Å². The number of carbonyl (C=O) groups is 1. The number of benzene rings is 1. The van der Waals surface area contributed by atoms with E-state index in [9.17, 15) is 4.79 Å². The van der Waals surface area contributed by atoms with Crippen molar-refractivity contribution in [2.75, 3.05) is 19.6 Å². The molecule has 1 atom stereocenters. The number of aromatic nitrogens is 3. The smallest absolute Gasteiger partial charge is 0.223 e. The second kappa shape index (κ2) is 9.08. The van der Waals surface area contributed by atoms with Crippen molar-refractivity contribution in [3.05, 3.63) is 47.5 Å². The number of hydrogen-bond acceptors (Lipinski definition) is 4. The molecule has 0 saturated carbocycles. The van der Waals surface area contributed by atoms with Gasteiger partial charge in [0.05, 0.1) is 0 Å². The molecule has 2 aliphatic rings. The van der Waals surface area contributed by atoms with Gasteiger partial charge in [-0.3, -0.25) is 4.79 Å². The van der Waals surface area contributed by atoms with Crippen molar-refractivity contribution < 1.29 is 4.79 Å². The van der Waals surface area contributed by atoms with Gasteiger partial charge in [-0.2, -0.15) is 0 Å². The van der Waals surface area contributed by atoms with Crippen molar-refractivity contribution >= 4 is 5.91 Å². The van der Waals surface area contributed by atoms with Crippen LogP contribution in [0.4, 0.5) is 0 Å². The van der Waals surface area contributed by atoms with Crippen molar-refractivity contribution in [2.45, 2.75) is 58.5 Å². The molecule has 2 aliphatic heterocycles. The van der Waals surface area contributed by atoms with Crippen LogP contribution in [0, 0.1) is 11.8 Å². The molecule has 4 rings (SSSR count). The molecule has 1 fully saturated rings. The first-order chi connectivity index (χ1) is 14.1. The Morgan fingerprint density at radius 1 is 1.14 bits per heavy atom. The van der Waals surface area contributed by atoms with E-state index in [2.05, 4.69) is 63.1 Å². The molecule has 0 bridgehead atoms. The summed E-state index contributed by atoms with van der Waals surface area (Å²) in [5.41, 5.74) is 1.24. The Balaban J connectivity index is 1.32. The fourth-order valence-electron chi connectivity index (χ4n) is 4.62. The standard InChI is InChI=1S/C23H33N5O/c1-17(2)15-27-12-10-19(11-13-27)23(29)24-20-8-9-21-25-26-22(28(21)16-20)14-18-6-4-3-5-7-18/h3-7,17,19-20H,8-16H2,1-2H3,(H,24,29). The number of rotatable bonds is 6. The number of fused-ring (bicyclic) bond motifs is 1. The topological polar surface area (TPSA) is 63.1 Å². The SMILES string of the molecule is CC(C)CN1CCC(C(=O)NC2CCc3nnc(Cc4ccccc4)n3C2)CC1. The number of carbonyl (C=O) groups excluding carboxylic acids is 1. The number of likely N-dealkylation sites (tertiary alicyclic amines) is 1. The highest BCUT2D eigenvalue weighted by Gasteiger charge is 2.29. The zero-order valence-electron chi connectivity index (χ0n) is 17.7. The van der Waals surface area contributed by atoms with E-state index >= 15 is 0 Å². The van der Waals surface area contributed by atoms with Crippen molar-refractivity contribution in [3.8, 4) is 0 Å². The molecule has 2 aromatic rings. The average molecular weight is 396 g/mol. The molecule has 1 N–H and O–H groups in total. The molecule has 1 amide bonds. The lowest BCUT2D eigenvalue weighted by Crippen LogP contribution is -2.47. The third-order valence-corrected chi connectivity index (χ3v) is 6.16. The minimum absolute atomic E-state index is 0.157. The first-order valence-corrected chi connectivity index (χ1v) is 11.1. The molecule has 0 radical (unpaired) electrons. The van der Waals surface area contributed by atoms with E-state index in [0.29, 0.717) is 5.92 Å². The number of aryl methyl sites for hydroxylation is 1. The van der Waals surface area contributed by atoms with Crippen LogP contribution in [-0.2, 0) is 24.2 Å². The van der Waals surface area contributed by atoms with E-state index in [1.54, 1.807) is 0 Å². The summed E-state index contributed by atoms with van der Waals surface area (Å²) in [6.07, 6.45) is 4.55. The second-order valence-corrected chi connectivity index (χ2v) is 9.02. The highest BCUT2D eigenvalue weighted by atomic mass is 16.2. The van der Waals surface area contributed by atoms with E-state index < -0.39 is 0 Å². The summed E-state index contributed by atoms with van der Waals surface area (Å²) in [5.74, 6) is 3.12. The Morgan fingerprint density at radius 3 is 2.62 bits per heavy atom. The zero-order valence-corrected chi connectivity index (χ0v) is 17.7.